The molecule has 0 unspecified atom stereocenters. The third-order valence-corrected chi connectivity index (χ3v) is 8.65. The van der Waals surface area contributed by atoms with Crippen LogP contribution >= 0.6 is 0 Å². The average molecular weight is 481 g/mol. The lowest BCUT2D eigenvalue weighted by molar-refractivity contribution is -0.200. The quantitative estimate of drug-likeness (QED) is 0.299. The fraction of sp³-hybridized carbons (Fsp3) is 0.552. The monoisotopic (exact) mass is 480 g/mol. The molecular formula is C29H36O6. The van der Waals surface area contributed by atoms with Crippen LogP contribution < -0.4 is 0 Å². The van der Waals surface area contributed by atoms with E-state index < -0.39 is 11.5 Å². The number of carbonyl (C=O) groups excluding carboxylic acids is 3. The first-order chi connectivity index (χ1) is 16.7. The molecule has 6 heteroatoms. The van der Waals surface area contributed by atoms with Crippen molar-refractivity contribution >= 4 is 17.9 Å². The standard InChI is InChI=1S/C29H36O6/c1-19-10-13-24-28(3,23(19)12-11-22-15-17-33-26(22)31)16-14-25(35-20(2)30)29(24,4)27(32)34-18-21-8-6-5-7-9-21/h5-9,15,23-25H,1,10-14,16-18H2,2-4H3/t23-,24+,25-,28+,29+/m1/s1. The Morgan fingerprint density at radius 1 is 1.17 bits per heavy atom. The van der Waals surface area contributed by atoms with Crippen LogP contribution in [-0.2, 0) is 35.2 Å². The number of fused-ring (bicyclic) bond motifs is 1. The summed E-state index contributed by atoms with van der Waals surface area (Å²) in [5.41, 5.74) is 1.61. The van der Waals surface area contributed by atoms with Gasteiger partial charge in [0.25, 0.3) is 0 Å². The molecule has 2 aliphatic carbocycles. The van der Waals surface area contributed by atoms with Crippen molar-refractivity contribution in [1.29, 1.82) is 0 Å². The lowest BCUT2D eigenvalue weighted by Gasteiger charge is -2.59. The van der Waals surface area contributed by atoms with E-state index in [1.807, 2.05) is 43.3 Å². The van der Waals surface area contributed by atoms with Crippen LogP contribution in [0.4, 0.5) is 0 Å². The molecule has 0 spiro atoms. The Labute approximate surface area is 207 Å². The summed E-state index contributed by atoms with van der Waals surface area (Å²) in [4.78, 5) is 37.8. The molecule has 0 bridgehead atoms. The molecule has 188 valence electrons. The first-order valence-electron chi connectivity index (χ1n) is 12.6. The van der Waals surface area contributed by atoms with Gasteiger partial charge in [0, 0.05) is 12.5 Å². The van der Waals surface area contributed by atoms with Crippen LogP contribution in [0.3, 0.4) is 0 Å². The molecule has 2 fully saturated rings. The van der Waals surface area contributed by atoms with Gasteiger partial charge < -0.3 is 14.2 Å². The highest BCUT2D eigenvalue weighted by Gasteiger charge is 2.63. The summed E-state index contributed by atoms with van der Waals surface area (Å²) in [5, 5.41) is 0. The van der Waals surface area contributed by atoms with Gasteiger partial charge in [0.05, 0.1) is 0 Å². The molecule has 35 heavy (non-hydrogen) atoms. The average Bonchev–Trinajstić information content (AvgIpc) is 3.24. The van der Waals surface area contributed by atoms with Gasteiger partial charge in [0.1, 0.15) is 24.7 Å². The van der Waals surface area contributed by atoms with Gasteiger partial charge in [-0.3, -0.25) is 9.59 Å². The van der Waals surface area contributed by atoms with Crippen LogP contribution in [0.2, 0.25) is 0 Å². The normalized spacial score (nSPS) is 32.3. The van der Waals surface area contributed by atoms with Crippen LogP contribution in [0.5, 0.6) is 0 Å². The Hall–Kier alpha value is -2.89. The molecule has 0 N–H and O–H groups in total. The fourth-order valence-electron chi connectivity index (χ4n) is 6.81. The first kappa shape index (κ1) is 25.2. The summed E-state index contributed by atoms with van der Waals surface area (Å²) >= 11 is 0. The fourth-order valence-corrected chi connectivity index (χ4v) is 6.81. The molecule has 0 amide bonds. The van der Waals surface area contributed by atoms with E-state index in [2.05, 4.69) is 13.5 Å². The molecule has 2 saturated carbocycles. The summed E-state index contributed by atoms with van der Waals surface area (Å²) in [6.45, 7) is 10.5. The maximum absolute atomic E-state index is 13.8. The van der Waals surface area contributed by atoms with Gasteiger partial charge in [0.2, 0.25) is 0 Å². The van der Waals surface area contributed by atoms with Crippen molar-refractivity contribution in [2.45, 2.75) is 72.0 Å². The lowest BCUT2D eigenvalue weighted by Crippen LogP contribution is -2.60. The minimum atomic E-state index is -0.974. The second-order valence-corrected chi connectivity index (χ2v) is 10.7. The second kappa shape index (κ2) is 10.00. The predicted molar refractivity (Wildman–Crippen MR) is 131 cm³/mol. The summed E-state index contributed by atoms with van der Waals surface area (Å²) < 4.78 is 16.7. The maximum Gasteiger partial charge on any atom is 0.334 e. The van der Waals surface area contributed by atoms with Gasteiger partial charge >= 0.3 is 17.9 Å². The Morgan fingerprint density at radius 2 is 1.91 bits per heavy atom. The molecule has 6 nitrogen and oxygen atoms in total. The van der Waals surface area contributed by atoms with E-state index in [0.717, 1.165) is 36.8 Å². The number of benzene rings is 1. The van der Waals surface area contributed by atoms with Crippen molar-refractivity contribution < 1.29 is 28.6 Å². The molecule has 0 radical (unpaired) electrons. The SMILES string of the molecule is C=C1CC[C@H]2[C@@](C)(CC[C@@H](OC(C)=O)[C@@]2(C)C(=O)OCc2ccccc2)[C@@H]1CCC1=CCOC1=O. The Morgan fingerprint density at radius 3 is 2.57 bits per heavy atom. The van der Waals surface area contributed by atoms with Crippen molar-refractivity contribution in [3.05, 3.63) is 59.7 Å². The van der Waals surface area contributed by atoms with E-state index in [4.69, 9.17) is 14.2 Å². The largest absolute Gasteiger partial charge is 0.461 e. The van der Waals surface area contributed by atoms with Crippen molar-refractivity contribution in [2.75, 3.05) is 6.61 Å². The summed E-state index contributed by atoms with van der Waals surface area (Å²) in [6, 6.07) is 9.60. The van der Waals surface area contributed by atoms with Crippen molar-refractivity contribution in [3.8, 4) is 0 Å². The highest BCUT2D eigenvalue weighted by atomic mass is 16.6. The molecule has 0 aromatic heterocycles. The Balaban J connectivity index is 1.61. The number of hydrogen-bond acceptors (Lipinski definition) is 6. The molecule has 4 rings (SSSR count). The lowest BCUT2D eigenvalue weighted by atomic mass is 9.46. The van der Waals surface area contributed by atoms with Crippen molar-refractivity contribution in [3.63, 3.8) is 0 Å². The molecule has 0 saturated heterocycles. The van der Waals surface area contributed by atoms with E-state index in [1.165, 1.54) is 12.5 Å². The highest BCUT2D eigenvalue weighted by Crippen LogP contribution is 2.63. The second-order valence-electron chi connectivity index (χ2n) is 10.7. The van der Waals surface area contributed by atoms with E-state index in [-0.39, 0.29) is 41.8 Å². The number of ether oxygens (including phenoxy) is 3. The van der Waals surface area contributed by atoms with Crippen molar-refractivity contribution in [2.24, 2.45) is 22.7 Å². The summed E-state index contributed by atoms with van der Waals surface area (Å²) in [7, 11) is 0. The van der Waals surface area contributed by atoms with E-state index in [9.17, 15) is 14.4 Å². The van der Waals surface area contributed by atoms with Crippen LogP contribution in [-0.4, -0.2) is 30.6 Å². The van der Waals surface area contributed by atoms with Gasteiger partial charge in [-0.15, -0.1) is 0 Å². The molecule has 1 aromatic carbocycles. The van der Waals surface area contributed by atoms with Gasteiger partial charge in [0.15, 0.2) is 0 Å². The molecule has 1 aromatic rings. The van der Waals surface area contributed by atoms with Crippen LogP contribution in [0, 0.1) is 22.7 Å². The zero-order valence-electron chi connectivity index (χ0n) is 21.0. The van der Waals surface area contributed by atoms with Gasteiger partial charge in [-0.05, 0) is 74.3 Å². The van der Waals surface area contributed by atoms with E-state index >= 15 is 0 Å². The molecule has 1 heterocycles. The van der Waals surface area contributed by atoms with Crippen molar-refractivity contribution in [1.82, 2.24) is 0 Å². The highest BCUT2D eigenvalue weighted by molar-refractivity contribution is 5.90. The topological polar surface area (TPSA) is 78.9 Å². The molecule has 3 aliphatic rings. The van der Waals surface area contributed by atoms with Crippen LogP contribution in [0.25, 0.3) is 0 Å². The number of esters is 3. The van der Waals surface area contributed by atoms with Gasteiger partial charge in [-0.1, -0.05) is 49.4 Å². The number of carbonyl (C=O) groups is 3. The zero-order valence-corrected chi connectivity index (χ0v) is 21.0. The van der Waals surface area contributed by atoms with E-state index in [1.54, 1.807) is 0 Å². The number of rotatable bonds is 7. The molecule has 1 aliphatic heterocycles. The minimum Gasteiger partial charge on any atom is -0.461 e. The third-order valence-electron chi connectivity index (χ3n) is 8.65. The maximum atomic E-state index is 13.8. The number of allylic oxidation sites excluding steroid dienone is 1. The Kier molecular flexibility index (Phi) is 7.20. The first-order valence-corrected chi connectivity index (χ1v) is 12.6. The van der Waals surface area contributed by atoms with Gasteiger partial charge in [-0.2, -0.15) is 0 Å². The smallest absolute Gasteiger partial charge is 0.334 e. The molecule has 5 atom stereocenters. The Bertz CT molecular complexity index is 1030. The molecular weight excluding hydrogens is 444 g/mol. The summed E-state index contributed by atoms with van der Waals surface area (Å²) in [6.07, 6.45) is 5.70. The third kappa shape index (κ3) is 4.80. The van der Waals surface area contributed by atoms with Crippen LogP contribution in [0.1, 0.15) is 64.9 Å². The minimum absolute atomic E-state index is 0.0450. The zero-order chi connectivity index (χ0) is 25.2. The number of cyclic esters (lactones) is 1. The predicted octanol–water partition coefficient (Wildman–Crippen LogP) is 5.31. The van der Waals surface area contributed by atoms with Crippen LogP contribution in [0.15, 0.2) is 54.1 Å². The van der Waals surface area contributed by atoms with Gasteiger partial charge in [-0.25, -0.2) is 4.79 Å². The van der Waals surface area contributed by atoms with E-state index in [0.29, 0.717) is 19.4 Å². The number of hydrogen-bond donors (Lipinski definition) is 0. The summed E-state index contributed by atoms with van der Waals surface area (Å²) in [5.74, 6) is -0.839.